The fourth-order valence-electron chi connectivity index (χ4n) is 2.32. The first-order valence-electron chi connectivity index (χ1n) is 7.46. The van der Waals surface area contributed by atoms with Gasteiger partial charge in [0.05, 0.1) is 17.4 Å². The number of halogens is 4. The molecule has 134 valence electrons. The van der Waals surface area contributed by atoms with Crippen LogP contribution in [0.5, 0.6) is 0 Å². The zero-order valence-corrected chi connectivity index (χ0v) is 13.9. The number of hydrogen-bond donors (Lipinski definition) is 1. The predicted octanol–water partition coefficient (Wildman–Crippen LogP) is 3.87. The van der Waals surface area contributed by atoms with E-state index in [1.165, 1.54) is 18.2 Å². The Kier molecular flexibility index (Phi) is 4.94. The molecule has 1 heterocycles. The molecule has 5 nitrogen and oxygen atoms in total. The summed E-state index contributed by atoms with van der Waals surface area (Å²) in [5, 5.41) is 10.4. The Hall–Kier alpha value is -2.87. The molecule has 0 unspecified atom stereocenters. The Balaban J connectivity index is 1.77. The molecule has 0 aliphatic heterocycles. The number of nitrogens with zero attached hydrogens (tertiary/aromatic N) is 3. The molecule has 0 aliphatic rings. The van der Waals surface area contributed by atoms with E-state index >= 15 is 0 Å². The van der Waals surface area contributed by atoms with Gasteiger partial charge in [0.1, 0.15) is 0 Å². The van der Waals surface area contributed by atoms with Crippen molar-refractivity contribution in [3.05, 3.63) is 76.6 Å². The maximum absolute atomic E-state index is 13.1. The summed E-state index contributed by atoms with van der Waals surface area (Å²) in [6.45, 7) is 0.200. The van der Waals surface area contributed by atoms with Crippen molar-refractivity contribution in [3.8, 4) is 5.69 Å². The molecule has 0 spiro atoms. The molecular formula is C17H12ClF3N4O. The number of alkyl halides is 3. The van der Waals surface area contributed by atoms with E-state index in [1.807, 2.05) is 0 Å². The molecule has 0 atom stereocenters. The minimum atomic E-state index is -4.54. The Morgan fingerprint density at radius 3 is 2.65 bits per heavy atom. The van der Waals surface area contributed by atoms with Crippen molar-refractivity contribution in [2.45, 2.75) is 12.7 Å². The van der Waals surface area contributed by atoms with Crippen molar-refractivity contribution < 1.29 is 18.0 Å². The third-order valence-corrected chi connectivity index (χ3v) is 3.76. The monoisotopic (exact) mass is 380 g/mol. The highest BCUT2D eigenvalue weighted by molar-refractivity contribution is 6.30. The van der Waals surface area contributed by atoms with Gasteiger partial charge in [0.15, 0.2) is 5.69 Å². The Labute approximate surface area is 151 Å². The highest BCUT2D eigenvalue weighted by atomic mass is 35.5. The minimum Gasteiger partial charge on any atom is -0.347 e. The molecule has 1 aromatic heterocycles. The number of aromatic nitrogens is 3. The fraction of sp³-hybridized carbons (Fsp3) is 0.118. The topological polar surface area (TPSA) is 59.8 Å². The lowest BCUT2D eigenvalue weighted by atomic mass is 10.1. The Bertz CT molecular complexity index is 940. The number of amides is 1. The van der Waals surface area contributed by atoms with E-state index in [9.17, 15) is 18.0 Å². The lowest BCUT2D eigenvalue weighted by Crippen LogP contribution is -2.23. The van der Waals surface area contributed by atoms with Gasteiger partial charge in [0, 0.05) is 11.6 Å². The number of benzene rings is 2. The van der Waals surface area contributed by atoms with Crippen LogP contribution in [0, 0.1) is 0 Å². The maximum Gasteiger partial charge on any atom is 0.418 e. The number of carbonyl (C=O) groups excluding carboxylic acids is 1. The fourth-order valence-corrected chi connectivity index (χ4v) is 2.53. The number of hydrogen-bond acceptors (Lipinski definition) is 3. The summed E-state index contributed by atoms with van der Waals surface area (Å²) >= 11 is 5.87. The zero-order valence-electron chi connectivity index (χ0n) is 13.2. The van der Waals surface area contributed by atoms with Crippen molar-refractivity contribution in [1.82, 2.24) is 20.3 Å². The van der Waals surface area contributed by atoms with Crippen LogP contribution in [0.1, 0.15) is 21.6 Å². The number of carbonyl (C=O) groups is 1. The Morgan fingerprint density at radius 1 is 1.15 bits per heavy atom. The van der Waals surface area contributed by atoms with Crippen LogP contribution in [0.3, 0.4) is 0 Å². The zero-order chi connectivity index (χ0) is 18.7. The summed E-state index contributed by atoms with van der Waals surface area (Å²) in [7, 11) is 0. The van der Waals surface area contributed by atoms with Crippen LogP contribution in [0.4, 0.5) is 13.2 Å². The van der Waals surface area contributed by atoms with Crippen LogP contribution in [-0.4, -0.2) is 20.9 Å². The number of para-hydroxylation sites is 1. The largest absolute Gasteiger partial charge is 0.418 e. The average molecular weight is 381 g/mol. The van der Waals surface area contributed by atoms with Gasteiger partial charge in [-0.2, -0.15) is 13.2 Å². The third kappa shape index (κ3) is 4.02. The molecule has 1 amide bonds. The van der Waals surface area contributed by atoms with Crippen molar-refractivity contribution in [1.29, 1.82) is 0 Å². The van der Waals surface area contributed by atoms with Gasteiger partial charge in [-0.3, -0.25) is 4.79 Å². The molecule has 0 saturated carbocycles. The second kappa shape index (κ2) is 7.17. The van der Waals surface area contributed by atoms with Crippen molar-refractivity contribution in [2.24, 2.45) is 0 Å². The molecule has 1 N–H and O–H groups in total. The molecule has 3 rings (SSSR count). The number of nitrogens with one attached hydrogen (secondary N) is 1. The lowest BCUT2D eigenvalue weighted by Gasteiger charge is -2.11. The first-order valence-corrected chi connectivity index (χ1v) is 7.84. The highest BCUT2D eigenvalue weighted by Crippen LogP contribution is 2.33. The van der Waals surface area contributed by atoms with E-state index in [0.717, 1.165) is 22.5 Å². The highest BCUT2D eigenvalue weighted by Gasteiger charge is 2.34. The molecule has 26 heavy (non-hydrogen) atoms. The standard InChI is InChI=1S/C17H12ClF3N4O/c18-12-5-3-4-11(8-12)9-22-16(26)14-10-25(24-23-14)15-7-2-1-6-13(15)17(19,20)21/h1-8,10H,9H2,(H,22,26). The SMILES string of the molecule is O=C(NCc1cccc(Cl)c1)c1cn(-c2ccccc2C(F)(F)F)nn1. The van der Waals surface area contributed by atoms with Gasteiger partial charge < -0.3 is 5.32 Å². The molecule has 0 radical (unpaired) electrons. The van der Waals surface area contributed by atoms with Crippen molar-refractivity contribution >= 4 is 17.5 Å². The van der Waals surface area contributed by atoms with Crippen LogP contribution in [-0.2, 0) is 12.7 Å². The molecular weight excluding hydrogens is 369 g/mol. The van der Waals surface area contributed by atoms with Crippen LogP contribution in [0.15, 0.2) is 54.7 Å². The summed E-state index contributed by atoms with van der Waals surface area (Å²) in [6, 6.07) is 11.8. The lowest BCUT2D eigenvalue weighted by molar-refractivity contribution is -0.137. The van der Waals surface area contributed by atoms with Gasteiger partial charge >= 0.3 is 6.18 Å². The summed E-state index contributed by atoms with van der Waals surface area (Å²) in [6.07, 6.45) is -3.39. The van der Waals surface area contributed by atoms with E-state index in [4.69, 9.17) is 11.6 Å². The molecule has 2 aromatic carbocycles. The molecule has 9 heteroatoms. The van der Waals surface area contributed by atoms with Crippen LogP contribution in [0.25, 0.3) is 5.69 Å². The number of rotatable bonds is 4. The van der Waals surface area contributed by atoms with Crippen molar-refractivity contribution in [2.75, 3.05) is 0 Å². The van der Waals surface area contributed by atoms with E-state index in [-0.39, 0.29) is 17.9 Å². The minimum absolute atomic E-state index is 0.0935. The average Bonchev–Trinajstić information content (AvgIpc) is 3.09. The van der Waals surface area contributed by atoms with Crippen molar-refractivity contribution in [3.63, 3.8) is 0 Å². The van der Waals surface area contributed by atoms with Crippen LogP contribution >= 0.6 is 11.6 Å². The Morgan fingerprint density at radius 2 is 1.92 bits per heavy atom. The van der Waals surface area contributed by atoms with Crippen LogP contribution < -0.4 is 5.32 Å². The van der Waals surface area contributed by atoms with E-state index < -0.39 is 17.6 Å². The van der Waals surface area contributed by atoms with Gasteiger partial charge in [-0.25, -0.2) is 4.68 Å². The van der Waals surface area contributed by atoms with Gasteiger partial charge in [-0.05, 0) is 29.8 Å². The van der Waals surface area contributed by atoms with Gasteiger partial charge in [-0.1, -0.05) is 41.1 Å². The van der Waals surface area contributed by atoms with E-state index in [2.05, 4.69) is 15.6 Å². The molecule has 3 aromatic rings. The quantitative estimate of drug-likeness (QED) is 0.747. The van der Waals surface area contributed by atoms with Gasteiger partial charge in [0.25, 0.3) is 5.91 Å². The molecule has 0 bridgehead atoms. The molecule has 0 aliphatic carbocycles. The third-order valence-electron chi connectivity index (χ3n) is 3.52. The molecule has 0 saturated heterocycles. The summed E-state index contributed by atoms with van der Waals surface area (Å²) < 4.78 is 40.2. The second-order valence-corrected chi connectivity index (χ2v) is 5.81. The normalized spacial score (nSPS) is 11.4. The summed E-state index contributed by atoms with van der Waals surface area (Å²) in [5.74, 6) is -0.555. The summed E-state index contributed by atoms with van der Waals surface area (Å²) in [4.78, 5) is 12.1. The van der Waals surface area contributed by atoms with E-state index in [0.29, 0.717) is 5.02 Å². The molecule has 0 fully saturated rings. The first kappa shape index (κ1) is 17.9. The predicted molar refractivity (Wildman–Crippen MR) is 89.0 cm³/mol. The van der Waals surface area contributed by atoms with Crippen LogP contribution in [0.2, 0.25) is 5.02 Å². The second-order valence-electron chi connectivity index (χ2n) is 5.38. The van der Waals surface area contributed by atoms with Gasteiger partial charge in [-0.15, -0.1) is 5.10 Å². The first-order chi connectivity index (χ1) is 12.3. The smallest absolute Gasteiger partial charge is 0.347 e. The summed E-state index contributed by atoms with van der Waals surface area (Å²) in [5.41, 5.74) is -0.387. The van der Waals surface area contributed by atoms with E-state index in [1.54, 1.807) is 24.3 Å². The van der Waals surface area contributed by atoms with Gasteiger partial charge in [0.2, 0.25) is 0 Å². The maximum atomic E-state index is 13.1.